The summed E-state index contributed by atoms with van der Waals surface area (Å²) in [5.74, 6) is 0. The van der Waals surface area contributed by atoms with Crippen LogP contribution in [-0.2, 0) is 0 Å². The number of hydrogen-bond donors (Lipinski definition) is 2. The normalized spacial score (nSPS) is 13.1. The SMILES string of the molecule is CCNC(CO)c1ccc(C(F)F)cc1. The highest BCUT2D eigenvalue weighted by molar-refractivity contribution is 5.25. The highest BCUT2D eigenvalue weighted by Crippen LogP contribution is 2.21. The van der Waals surface area contributed by atoms with E-state index in [-0.39, 0.29) is 18.2 Å². The van der Waals surface area contributed by atoms with Crippen LogP contribution in [0.4, 0.5) is 8.78 Å². The molecule has 84 valence electrons. The van der Waals surface area contributed by atoms with Gasteiger partial charge in [0.25, 0.3) is 6.43 Å². The number of alkyl halides is 2. The number of halogens is 2. The van der Waals surface area contributed by atoms with Crippen LogP contribution in [0.5, 0.6) is 0 Å². The molecular weight excluding hydrogens is 200 g/mol. The lowest BCUT2D eigenvalue weighted by molar-refractivity contribution is 0.151. The van der Waals surface area contributed by atoms with Gasteiger partial charge in [-0.3, -0.25) is 0 Å². The molecule has 1 rings (SSSR count). The fourth-order valence-electron chi connectivity index (χ4n) is 1.41. The number of hydrogen-bond acceptors (Lipinski definition) is 2. The molecule has 2 N–H and O–H groups in total. The van der Waals surface area contributed by atoms with Crippen LogP contribution in [-0.4, -0.2) is 18.3 Å². The van der Waals surface area contributed by atoms with Gasteiger partial charge < -0.3 is 10.4 Å². The van der Waals surface area contributed by atoms with Crippen molar-refractivity contribution in [2.75, 3.05) is 13.2 Å². The van der Waals surface area contributed by atoms with Crippen LogP contribution in [0.1, 0.15) is 30.5 Å². The molecule has 1 aromatic carbocycles. The standard InChI is InChI=1S/C11H15F2NO/c1-2-14-10(7-15)8-3-5-9(6-4-8)11(12)13/h3-6,10-11,14-15H,2,7H2,1H3. The Balaban J connectivity index is 2.77. The molecule has 0 amide bonds. The molecule has 1 atom stereocenters. The van der Waals surface area contributed by atoms with E-state index in [2.05, 4.69) is 5.32 Å². The third-order valence-corrected chi connectivity index (χ3v) is 2.22. The minimum atomic E-state index is -2.44. The molecule has 0 spiro atoms. The first kappa shape index (κ1) is 12.1. The second-order valence-corrected chi connectivity index (χ2v) is 3.26. The number of rotatable bonds is 5. The van der Waals surface area contributed by atoms with Gasteiger partial charge in [-0.25, -0.2) is 8.78 Å². The van der Waals surface area contributed by atoms with Crippen LogP contribution in [0.25, 0.3) is 0 Å². The van der Waals surface area contributed by atoms with Gasteiger partial charge in [-0.15, -0.1) is 0 Å². The lowest BCUT2D eigenvalue weighted by Gasteiger charge is -2.15. The Morgan fingerprint density at radius 2 is 1.73 bits per heavy atom. The molecular formula is C11H15F2NO. The molecule has 15 heavy (non-hydrogen) atoms. The molecule has 0 aliphatic heterocycles. The van der Waals surface area contributed by atoms with E-state index in [0.717, 1.165) is 12.1 Å². The topological polar surface area (TPSA) is 32.3 Å². The van der Waals surface area contributed by atoms with Crippen molar-refractivity contribution in [3.63, 3.8) is 0 Å². The molecule has 0 aromatic heterocycles. The van der Waals surface area contributed by atoms with E-state index in [4.69, 9.17) is 5.11 Å². The van der Waals surface area contributed by atoms with Crippen molar-refractivity contribution in [3.8, 4) is 0 Å². The van der Waals surface area contributed by atoms with Crippen LogP contribution in [0.15, 0.2) is 24.3 Å². The zero-order chi connectivity index (χ0) is 11.3. The Morgan fingerprint density at radius 1 is 1.20 bits per heavy atom. The third kappa shape index (κ3) is 3.25. The second-order valence-electron chi connectivity index (χ2n) is 3.26. The summed E-state index contributed by atoms with van der Waals surface area (Å²) in [5, 5.41) is 12.1. The number of likely N-dealkylation sites (N-methyl/N-ethyl adjacent to an activating group) is 1. The average molecular weight is 215 g/mol. The van der Waals surface area contributed by atoms with Crippen molar-refractivity contribution >= 4 is 0 Å². The monoisotopic (exact) mass is 215 g/mol. The molecule has 4 heteroatoms. The Morgan fingerprint density at radius 3 is 2.13 bits per heavy atom. The van der Waals surface area contributed by atoms with Crippen molar-refractivity contribution in [2.24, 2.45) is 0 Å². The highest BCUT2D eigenvalue weighted by Gasteiger charge is 2.10. The van der Waals surface area contributed by atoms with Crippen molar-refractivity contribution in [1.29, 1.82) is 0 Å². The van der Waals surface area contributed by atoms with E-state index in [1.54, 1.807) is 12.1 Å². The molecule has 0 saturated heterocycles. The van der Waals surface area contributed by atoms with Gasteiger partial charge in [-0.2, -0.15) is 0 Å². The first-order valence-corrected chi connectivity index (χ1v) is 4.91. The summed E-state index contributed by atoms with van der Waals surface area (Å²) in [7, 11) is 0. The van der Waals surface area contributed by atoms with Gasteiger partial charge in [0.05, 0.1) is 12.6 Å². The summed E-state index contributed by atoms with van der Waals surface area (Å²) >= 11 is 0. The van der Waals surface area contributed by atoms with Gasteiger partial charge in [0, 0.05) is 5.56 Å². The molecule has 0 radical (unpaired) electrons. The van der Waals surface area contributed by atoms with Crippen molar-refractivity contribution in [3.05, 3.63) is 35.4 Å². The Kier molecular flexibility index (Phi) is 4.65. The summed E-state index contributed by atoms with van der Waals surface area (Å²) in [6.45, 7) is 2.61. The summed E-state index contributed by atoms with van der Waals surface area (Å²) in [4.78, 5) is 0. The van der Waals surface area contributed by atoms with E-state index in [0.29, 0.717) is 0 Å². The van der Waals surface area contributed by atoms with E-state index in [9.17, 15) is 8.78 Å². The van der Waals surface area contributed by atoms with Crippen LogP contribution in [0, 0.1) is 0 Å². The van der Waals surface area contributed by atoms with Crippen LogP contribution in [0.2, 0.25) is 0 Å². The summed E-state index contributed by atoms with van der Waals surface area (Å²) in [6.07, 6.45) is -2.44. The number of benzene rings is 1. The predicted octanol–water partition coefficient (Wildman–Crippen LogP) is 2.27. The van der Waals surface area contributed by atoms with Gasteiger partial charge in [-0.05, 0) is 12.1 Å². The smallest absolute Gasteiger partial charge is 0.263 e. The van der Waals surface area contributed by atoms with Crippen molar-refractivity contribution in [2.45, 2.75) is 19.4 Å². The minimum Gasteiger partial charge on any atom is -0.394 e. The van der Waals surface area contributed by atoms with Gasteiger partial charge in [0.2, 0.25) is 0 Å². The molecule has 0 heterocycles. The number of aliphatic hydroxyl groups is 1. The van der Waals surface area contributed by atoms with Crippen LogP contribution in [0.3, 0.4) is 0 Å². The lowest BCUT2D eigenvalue weighted by atomic mass is 10.1. The van der Waals surface area contributed by atoms with E-state index in [1.165, 1.54) is 12.1 Å². The van der Waals surface area contributed by atoms with Crippen molar-refractivity contribution in [1.82, 2.24) is 5.32 Å². The quantitative estimate of drug-likeness (QED) is 0.789. The maximum absolute atomic E-state index is 12.3. The molecule has 0 bridgehead atoms. The van der Waals surface area contributed by atoms with Crippen molar-refractivity contribution < 1.29 is 13.9 Å². The molecule has 0 saturated carbocycles. The zero-order valence-corrected chi connectivity index (χ0v) is 8.58. The molecule has 1 unspecified atom stereocenters. The van der Waals surface area contributed by atoms with Gasteiger partial charge >= 0.3 is 0 Å². The first-order chi connectivity index (χ1) is 7.19. The largest absolute Gasteiger partial charge is 0.394 e. The van der Waals surface area contributed by atoms with Crippen LogP contribution < -0.4 is 5.32 Å². The molecule has 2 nitrogen and oxygen atoms in total. The average Bonchev–Trinajstić information content (AvgIpc) is 2.26. The van der Waals surface area contributed by atoms with E-state index < -0.39 is 6.43 Å². The Hall–Kier alpha value is -1.00. The van der Waals surface area contributed by atoms with E-state index in [1.807, 2.05) is 6.92 Å². The summed E-state index contributed by atoms with van der Waals surface area (Å²) in [6, 6.07) is 5.83. The zero-order valence-electron chi connectivity index (χ0n) is 8.58. The molecule has 0 fully saturated rings. The number of nitrogens with one attached hydrogen (secondary N) is 1. The van der Waals surface area contributed by atoms with Gasteiger partial charge in [-0.1, -0.05) is 31.2 Å². The minimum absolute atomic E-state index is 0.00642. The molecule has 0 aliphatic rings. The Bertz CT molecular complexity index is 287. The predicted molar refractivity (Wildman–Crippen MR) is 54.9 cm³/mol. The fourth-order valence-corrected chi connectivity index (χ4v) is 1.41. The third-order valence-electron chi connectivity index (χ3n) is 2.22. The molecule has 0 aliphatic carbocycles. The molecule has 1 aromatic rings. The number of aliphatic hydroxyl groups excluding tert-OH is 1. The second kappa shape index (κ2) is 5.78. The summed E-state index contributed by atoms with van der Waals surface area (Å²) in [5.41, 5.74) is 0.829. The summed E-state index contributed by atoms with van der Waals surface area (Å²) < 4.78 is 24.5. The van der Waals surface area contributed by atoms with Gasteiger partial charge in [0.15, 0.2) is 0 Å². The maximum Gasteiger partial charge on any atom is 0.263 e. The highest BCUT2D eigenvalue weighted by atomic mass is 19.3. The fraction of sp³-hybridized carbons (Fsp3) is 0.455. The van der Waals surface area contributed by atoms with E-state index >= 15 is 0 Å². The van der Waals surface area contributed by atoms with Gasteiger partial charge in [0.1, 0.15) is 0 Å². The first-order valence-electron chi connectivity index (χ1n) is 4.91. The van der Waals surface area contributed by atoms with Crippen LogP contribution >= 0.6 is 0 Å². The lowest BCUT2D eigenvalue weighted by Crippen LogP contribution is -2.23. The Labute approximate surface area is 87.9 Å². The maximum atomic E-state index is 12.3.